The maximum absolute atomic E-state index is 5.86. The van der Waals surface area contributed by atoms with Crippen LogP contribution in [-0.4, -0.2) is 7.11 Å². The minimum Gasteiger partial charge on any atom is -0.374 e. The van der Waals surface area contributed by atoms with E-state index >= 15 is 0 Å². The van der Waals surface area contributed by atoms with E-state index in [-0.39, 0.29) is 5.60 Å². The third-order valence-electron chi connectivity index (χ3n) is 4.10. The Hall–Kier alpha value is -0.820. The van der Waals surface area contributed by atoms with Gasteiger partial charge in [-0.05, 0) is 36.7 Å². The van der Waals surface area contributed by atoms with Crippen LogP contribution in [0.5, 0.6) is 0 Å². The zero-order valence-electron chi connectivity index (χ0n) is 10.6. The lowest BCUT2D eigenvalue weighted by atomic mass is 9.68. The zero-order valence-corrected chi connectivity index (χ0v) is 10.6. The Kier molecular flexibility index (Phi) is 3.07. The third-order valence-corrected chi connectivity index (χ3v) is 4.10. The molecule has 0 amide bonds. The first-order valence-corrected chi connectivity index (χ1v) is 6.19. The molecule has 0 radical (unpaired) electrons. The van der Waals surface area contributed by atoms with Gasteiger partial charge in [-0.2, -0.15) is 0 Å². The summed E-state index contributed by atoms with van der Waals surface area (Å²) in [5.74, 6) is 0. The molecule has 0 saturated heterocycles. The molecule has 88 valence electrons. The van der Waals surface area contributed by atoms with Crippen LogP contribution in [0, 0.1) is 5.41 Å². The predicted octanol–water partition coefficient (Wildman–Crippen LogP) is 4.13. The smallest absolute Gasteiger partial charge is 0.0927 e. The van der Waals surface area contributed by atoms with Crippen molar-refractivity contribution >= 4 is 0 Å². The summed E-state index contributed by atoms with van der Waals surface area (Å²) in [7, 11) is 1.85. The number of benzene rings is 1. The fourth-order valence-corrected chi connectivity index (χ4v) is 2.68. The number of hydrogen-bond donors (Lipinski definition) is 0. The largest absolute Gasteiger partial charge is 0.374 e. The van der Waals surface area contributed by atoms with Crippen LogP contribution in [0.15, 0.2) is 30.3 Å². The second kappa shape index (κ2) is 4.21. The molecule has 0 aliphatic heterocycles. The van der Waals surface area contributed by atoms with Gasteiger partial charge >= 0.3 is 0 Å². The van der Waals surface area contributed by atoms with Crippen molar-refractivity contribution in [3.05, 3.63) is 35.9 Å². The van der Waals surface area contributed by atoms with Gasteiger partial charge in [0, 0.05) is 7.11 Å². The maximum atomic E-state index is 5.86. The number of hydrogen-bond acceptors (Lipinski definition) is 1. The van der Waals surface area contributed by atoms with E-state index < -0.39 is 0 Å². The van der Waals surface area contributed by atoms with Crippen molar-refractivity contribution in [2.45, 2.75) is 45.1 Å². The average Bonchev–Trinajstić information content (AvgIpc) is 2.31. The van der Waals surface area contributed by atoms with Gasteiger partial charge in [-0.1, -0.05) is 44.2 Å². The third kappa shape index (κ3) is 2.15. The summed E-state index contributed by atoms with van der Waals surface area (Å²) < 4.78 is 5.86. The molecule has 1 nitrogen and oxygen atoms in total. The van der Waals surface area contributed by atoms with Crippen molar-refractivity contribution in [3.8, 4) is 0 Å². The first-order chi connectivity index (χ1) is 7.58. The van der Waals surface area contributed by atoms with Crippen molar-refractivity contribution in [1.82, 2.24) is 0 Å². The summed E-state index contributed by atoms with van der Waals surface area (Å²) in [6, 6.07) is 10.7. The molecule has 1 heteroatoms. The van der Waals surface area contributed by atoms with Gasteiger partial charge in [-0.15, -0.1) is 0 Å². The van der Waals surface area contributed by atoms with Gasteiger partial charge in [0.05, 0.1) is 5.60 Å². The van der Waals surface area contributed by atoms with E-state index in [9.17, 15) is 0 Å². The average molecular weight is 218 g/mol. The predicted molar refractivity (Wildman–Crippen MR) is 67.4 cm³/mol. The summed E-state index contributed by atoms with van der Waals surface area (Å²) in [4.78, 5) is 0. The molecule has 16 heavy (non-hydrogen) atoms. The van der Waals surface area contributed by atoms with E-state index in [2.05, 4.69) is 44.2 Å². The summed E-state index contributed by atoms with van der Waals surface area (Å²) in [6.07, 6.45) is 4.77. The van der Waals surface area contributed by atoms with Crippen LogP contribution in [0.25, 0.3) is 0 Å². The van der Waals surface area contributed by atoms with Crippen molar-refractivity contribution in [3.63, 3.8) is 0 Å². The molecule has 0 unspecified atom stereocenters. The molecule has 0 N–H and O–H groups in total. The Morgan fingerprint density at radius 1 is 0.938 bits per heavy atom. The summed E-state index contributed by atoms with van der Waals surface area (Å²) >= 11 is 0. The van der Waals surface area contributed by atoms with Crippen LogP contribution in [0.4, 0.5) is 0 Å². The van der Waals surface area contributed by atoms with Crippen LogP contribution >= 0.6 is 0 Å². The van der Waals surface area contributed by atoms with Gasteiger partial charge < -0.3 is 4.74 Å². The SMILES string of the molecule is COC1(c2ccccc2)CCC(C)(C)CC1. The molecule has 0 bridgehead atoms. The topological polar surface area (TPSA) is 9.23 Å². The Morgan fingerprint density at radius 2 is 1.50 bits per heavy atom. The fourth-order valence-electron chi connectivity index (χ4n) is 2.68. The molecular weight excluding hydrogens is 196 g/mol. The van der Waals surface area contributed by atoms with Crippen LogP contribution in [-0.2, 0) is 10.3 Å². The van der Waals surface area contributed by atoms with E-state index in [0.29, 0.717) is 5.41 Å². The molecule has 1 aromatic carbocycles. The van der Waals surface area contributed by atoms with Crippen LogP contribution in [0.2, 0.25) is 0 Å². The fraction of sp³-hybridized carbons (Fsp3) is 0.600. The molecule has 1 fully saturated rings. The zero-order chi connectivity index (χ0) is 11.6. The Balaban J connectivity index is 2.23. The highest BCUT2D eigenvalue weighted by molar-refractivity contribution is 5.23. The van der Waals surface area contributed by atoms with Crippen molar-refractivity contribution < 1.29 is 4.74 Å². The molecular formula is C15H22O. The minimum absolute atomic E-state index is 0.0310. The lowest BCUT2D eigenvalue weighted by molar-refractivity contribution is -0.0666. The summed E-state index contributed by atoms with van der Waals surface area (Å²) in [6.45, 7) is 4.72. The highest BCUT2D eigenvalue weighted by atomic mass is 16.5. The number of ether oxygens (including phenoxy) is 1. The normalized spacial score (nSPS) is 22.9. The van der Waals surface area contributed by atoms with Gasteiger partial charge in [-0.3, -0.25) is 0 Å². The summed E-state index contributed by atoms with van der Waals surface area (Å²) in [5, 5.41) is 0. The van der Waals surface area contributed by atoms with E-state index in [1.807, 2.05) is 7.11 Å². The van der Waals surface area contributed by atoms with Crippen molar-refractivity contribution in [1.29, 1.82) is 0 Å². The van der Waals surface area contributed by atoms with Crippen LogP contribution < -0.4 is 0 Å². The van der Waals surface area contributed by atoms with Gasteiger partial charge in [0.1, 0.15) is 0 Å². The molecule has 1 saturated carbocycles. The summed E-state index contributed by atoms with van der Waals surface area (Å²) in [5.41, 5.74) is 1.79. The highest BCUT2D eigenvalue weighted by Crippen LogP contribution is 2.46. The minimum atomic E-state index is -0.0310. The van der Waals surface area contributed by atoms with E-state index in [0.717, 1.165) is 12.8 Å². The van der Waals surface area contributed by atoms with Crippen LogP contribution in [0.3, 0.4) is 0 Å². The van der Waals surface area contributed by atoms with Gasteiger partial charge in [0.2, 0.25) is 0 Å². The first-order valence-electron chi connectivity index (χ1n) is 6.19. The molecule has 2 rings (SSSR count). The quantitative estimate of drug-likeness (QED) is 0.725. The maximum Gasteiger partial charge on any atom is 0.0927 e. The second-order valence-corrected chi connectivity index (χ2v) is 5.73. The van der Waals surface area contributed by atoms with Crippen molar-refractivity contribution in [2.75, 3.05) is 7.11 Å². The lowest BCUT2D eigenvalue weighted by Gasteiger charge is -2.43. The highest BCUT2D eigenvalue weighted by Gasteiger charge is 2.39. The van der Waals surface area contributed by atoms with Gasteiger partial charge in [0.15, 0.2) is 0 Å². The number of rotatable bonds is 2. The van der Waals surface area contributed by atoms with E-state index in [1.165, 1.54) is 18.4 Å². The van der Waals surface area contributed by atoms with E-state index in [1.54, 1.807) is 0 Å². The monoisotopic (exact) mass is 218 g/mol. The molecule has 1 aliphatic rings. The molecule has 1 aromatic rings. The van der Waals surface area contributed by atoms with E-state index in [4.69, 9.17) is 4.74 Å². The second-order valence-electron chi connectivity index (χ2n) is 5.73. The Labute approximate surface area is 98.8 Å². The molecule has 0 aromatic heterocycles. The molecule has 0 spiro atoms. The lowest BCUT2D eigenvalue weighted by Crippen LogP contribution is -2.36. The van der Waals surface area contributed by atoms with Gasteiger partial charge in [-0.25, -0.2) is 0 Å². The standard InChI is InChI=1S/C15H22O/c1-14(2)9-11-15(16-3,12-10-14)13-7-5-4-6-8-13/h4-8H,9-12H2,1-3H3. The first kappa shape index (κ1) is 11.7. The molecule has 0 heterocycles. The van der Waals surface area contributed by atoms with Gasteiger partial charge in [0.25, 0.3) is 0 Å². The van der Waals surface area contributed by atoms with Crippen LogP contribution in [0.1, 0.15) is 45.1 Å². The number of methoxy groups -OCH3 is 1. The molecule has 0 atom stereocenters. The Bertz CT molecular complexity index is 330. The molecule has 1 aliphatic carbocycles. The van der Waals surface area contributed by atoms with Crippen molar-refractivity contribution in [2.24, 2.45) is 5.41 Å². The Morgan fingerprint density at radius 3 is 2.00 bits per heavy atom.